The van der Waals surface area contributed by atoms with Gasteiger partial charge >= 0.3 is 0 Å². The van der Waals surface area contributed by atoms with Crippen LogP contribution in [0.15, 0.2) is 48.5 Å². The number of fused-ring (bicyclic) bond motifs is 1. The summed E-state index contributed by atoms with van der Waals surface area (Å²) in [5.74, 6) is 0.464. The van der Waals surface area contributed by atoms with Crippen LogP contribution in [0.4, 0.5) is 0 Å². The molecule has 140 valence electrons. The highest BCUT2D eigenvalue weighted by atomic mass is 35.5. The quantitative estimate of drug-likeness (QED) is 0.751. The molecule has 0 radical (unpaired) electrons. The molecule has 0 bridgehead atoms. The fourth-order valence-electron chi connectivity index (χ4n) is 4.41. The van der Waals surface area contributed by atoms with E-state index >= 15 is 0 Å². The zero-order valence-electron chi connectivity index (χ0n) is 14.9. The fraction of sp³-hybridized carbons (Fsp3) is 0.333. The fourth-order valence-corrected chi connectivity index (χ4v) is 4.79. The maximum atomic E-state index is 13.4. The molecule has 2 heterocycles. The molecule has 27 heavy (non-hydrogen) atoms. The Hall–Kier alpha value is -2.04. The van der Waals surface area contributed by atoms with Crippen LogP contribution in [0.1, 0.15) is 28.9 Å². The summed E-state index contributed by atoms with van der Waals surface area (Å²) in [4.78, 5) is 29.0. The molecule has 0 unspecified atom stereocenters. The molecule has 2 amide bonds. The summed E-state index contributed by atoms with van der Waals surface area (Å²) in [6, 6.07) is 15.1. The summed E-state index contributed by atoms with van der Waals surface area (Å²) in [7, 11) is 0. The molecular formula is C21H20Cl2N2O2. The van der Waals surface area contributed by atoms with Crippen molar-refractivity contribution < 1.29 is 9.59 Å². The number of halogens is 2. The van der Waals surface area contributed by atoms with Gasteiger partial charge in [0.25, 0.3) is 5.91 Å². The molecule has 2 fully saturated rings. The molecule has 2 saturated heterocycles. The van der Waals surface area contributed by atoms with Crippen LogP contribution in [0, 0.1) is 11.8 Å². The zero-order chi connectivity index (χ0) is 19.1. The van der Waals surface area contributed by atoms with Gasteiger partial charge in [-0.15, -0.1) is 0 Å². The van der Waals surface area contributed by atoms with E-state index in [-0.39, 0.29) is 29.7 Å². The van der Waals surface area contributed by atoms with E-state index < -0.39 is 0 Å². The van der Waals surface area contributed by atoms with Gasteiger partial charge in [-0.2, -0.15) is 0 Å². The van der Waals surface area contributed by atoms with Crippen molar-refractivity contribution in [3.63, 3.8) is 0 Å². The predicted octanol–water partition coefficient (Wildman–Crippen LogP) is 4.29. The first kappa shape index (κ1) is 18.3. The average Bonchev–Trinajstić information content (AvgIpc) is 3.22. The number of rotatable bonds is 2. The van der Waals surface area contributed by atoms with E-state index in [1.54, 1.807) is 25.1 Å². The second-order valence-corrected chi connectivity index (χ2v) is 8.05. The van der Waals surface area contributed by atoms with Gasteiger partial charge in [-0.3, -0.25) is 9.59 Å². The minimum absolute atomic E-state index is 0.0805. The highest BCUT2D eigenvalue weighted by Gasteiger charge is 2.49. The van der Waals surface area contributed by atoms with E-state index in [2.05, 4.69) is 0 Å². The van der Waals surface area contributed by atoms with Gasteiger partial charge in [-0.25, -0.2) is 0 Å². The standard InChI is InChI=1S/C21H20Cl2N2O2/c1-13(26)24-10-15-11-25(21(27)16-8-5-9-18(22)19(16)23)20(17(15)12-24)14-6-3-2-4-7-14/h2-9,15,17,20H,10-12H2,1H3/t15-,17-,20+/m0/s1. The first-order valence-corrected chi connectivity index (χ1v) is 9.78. The van der Waals surface area contributed by atoms with Crippen LogP contribution < -0.4 is 0 Å². The smallest absolute Gasteiger partial charge is 0.255 e. The molecule has 2 aromatic carbocycles. The van der Waals surface area contributed by atoms with Crippen molar-refractivity contribution in [1.82, 2.24) is 9.80 Å². The SMILES string of the molecule is CC(=O)N1C[C@H]2CN(C(=O)c3cccc(Cl)c3Cl)[C@H](c3ccccc3)[C@H]2C1. The van der Waals surface area contributed by atoms with E-state index in [4.69, 9.17) is 23.2 Å². The molecule has 2 aliphatic rings. The van der Waals surface area contributed by atoms with Crippen LogP contribution in [-0.4, -0.2) is 41.2 Å². The van der Waals surface area contributed by atoms with E-state index in [1.807, 2.05) is 40.1 Å². The van der Waals surface area contributed by atoms with Gasteiger partial charge in [0, 0.05) is 38.4 Å². The lowest BCUT2D eigenvalue weighted by atomic mass is 9.89. The van der Waals surface area contributed by atoms with Gasteiger partial charge in [0.2, 0.25) is 5.91 Å². The van der Waals surface area contributed by atoms with Crippen LogP contribution in [0.5, 0.6) is 0 Å². The number of carbonyl (C=O) groups excluding carboxylic acids is 2. The first-order chi connectivity index (χ1) is 13.0. The Balaban J connectivity index is 1.71. The van der Waals surface area contributed by atoms with Crippen molar-refractivity contribution in [1.29, 1.82) is 0 Å². The number of nitrogens with zero attached hydrogens (tertiary/aromatic N) is 2. The Labute approximate surface area is 168 Å². The van der Waals surface area contributed by atoms with E-state index in [1.165, 1.54) is 0 Å². The van der Waals surface area contributed by atoms with Crippen LogP contribution >= 0.6 is 23.2 Å². The van der Waals surface area contributed by atoms with E-state index in [0.29, 0.717) is 35.2 Å². The molecule has 0 saturated carbocycles. The van der Waals surface area contributed by atoms with Crippen LogP contribution in [0.3, 0.4) is 0 Å². The normalized spacial score (nSPS) is 24.2. The van der Waals surface area contributed by atoms with Gasteiger partial charge in [0.1, 0.15) is 0 Å². The third-order valence-electron chi connectivity index (χ3n) is 5.69. The molecule has 0 N–H and O–H groups in total. The molecule has 0 spiro atoms. The number of amides is 2. The van der Waals surface area contributed by atoms with Crippen LogP contribution in [-0.2, 0) is 4.79 Å². The van der Waals surface area contributed by atoms with Gasteiger partial charge < -0.3 is 9.80 Å². The summed E-state index contributed by atoms with van der Waals surface area (Å²) >= 11 is 12.4. The minimum atomic E-state index is -0.111. The molecule has 2 aliphatic heterocycles. The molecule has 0 aromatic heterocycles. The topological polar surface area (TPSA) is 40.6 Å². The lowest BCUT2D eigenvalue weighted by molar-refractivity contribution is -0.128. The molecule has 4 rings (SSSR count). The van der Waals surface area contributed by atoms with Crippen molar-refractivity contribution in [2.75, 3.05) is 19.6 Å². The molecule has 0 aliphatic carbocycles. The highest BCUT2D eigenvalue weighted by molar-refractivity contribution is 6.43. The largest absolute Gasteiger partial charge is 0.342 e. The molecular weight excluding hydrogens is 383 g/mol. The Morgan fingerprint density at radius 1 is 0.963 bits per heavy atom. The Bertz CT molecular complexity index is 887. The predicted molar refractivity (Wildman–Crippen MR) is 106 cm³/mol. The summed E-state index contributed by atoms with van der Waals surface area (Å²) in [5.41, 5.74) is 1.51. The summed E-state index contributed by atoms with van der Waals surface area (Å²) in [6.07, 6.45) is 0. The number of benzene rings is 2. The number of carbonyl (C=O) groups is 2. The Kier molecular flexibility index (Phi) is 4.87. The summed E-state index contributed by atoms with van der Waals surface area (Å²) < 4.78 is 0. The second-order valence-electron chi connectivity index (χ2n) is 7.26. The van der Waals surface area contributed by atoms with Crippen molar-refractivity contribution >= 4 is 35.0 Å². The monoisotopic (exact) mass is 402 g/mol. The van der Waals surface area contributed by atoms with Crippen molar-refractivity contribution in [2.45, 2.75) is 13.0 Å². The van der Waals surface area contributed by atoms with Gasteiger partial charge in [0.15, 0.2) is 0 Å². The summed E-state index contributed by atoms with van der Waals surface area (Å²) in [5, 5.41) is 0.666. The molecule has 2 aromatic rings. The van der Waals surface area contributed by atoms with Crippen LogP contribution in [0.25, 0.3) is 0 Å². The third kappa shape index (κ3) is 3.21. The molecule has 3 atom stereocenters. The number of likely N-dealkylation sites (tertiary alicyclic amines) is 2. The third-order valence-corrected chi connectivity index (χ3v) is 6.51. The maximum absolute atomic E-state index is 13.4. The van der Waals surface area contributed by atoms with Gasteiger partial charge in [-0.1, -0.05) is 59.6 Å². The second kappa shape index (κ2) is 7.17. The van der Waals surface area contributed by atoms with E-state index in [9.17, 15) is 9.59 Å². The highest BCUT2D eigenvalue weighted by Crippen LogP contribution is 2.46. The minimum Gasteiger partial charge on any atom is -0.342 e. The average molecular weight is 403 g/mol. The Morgan fingerprint density at radius 2 is 1.70 bits per heavy atom. The lowest BCUT2D eigenvalue weighted by Gasteiger charge is -2.30. The van der Waals surface area contributed by atoms with Crippen LogP contribution in [0.2, 0.25) is 10.0 Å². The van der Waals surface area contributed by atoms with Gasteiger partial charge in [-0.05, 0) is 17.7 Å². The lowest BCUT2D eigenvalue weighted by Crippen LogP contribution is -2.37. The first-order valence-electron chi connectivity index (χ1n) is 9.03. The zero-order valence-corrected chi connectivity index (χ0v) is 16.5. The number of hydrogen-bond donors (Lipinski definition) is 0. The van der Waals surface area contributed by atoms with Gasteiger partial charge in [0.05, 0.1) is 21.7 Å². The van der Waals surface area contributed by atoms with E-state index in [0.717, 1.165) is 5.56 Å². The number of hydrogen-bond acceptors (Lipinski definition) is 2. The van der Waals surface area contributed by atoms with Crippen molar-refractivity contribution in [3.8, 4) is 0 Å². The molecule has 6 heteroatoms. The summed E-state index contributed by atoms with van der Waals surface area (Å²) in [6.45, 7) is 3.58. The van der Waals surface area contributed by atoms with Crippen molar-refractivity contribution in [2.24, 2.45) is 11.8 Å². The van der Waals surface area contributed by atoms with Crippen molar-refractivity contribution in [3.05, 3.63) is 69.7 Å². The maximum Gasteiger partial charge on any atom is 0.255 e. The molecule has 4 nitrogen and oxygen atoms in total. The Morgan fingerprint density at radius 3 is 2.41 bits per heavy atom.